The monoisotopic (exact) mass is 494 g/mol. The van der Waals surface area contributed by atoms with Gasteiger partial charge < -0.3 is 5.84 Å². The van der Waals surface area contributed by atoms with Crippen molar-refractivity contribution in [1.29, 1.82) is 0 Å². The van der Waals surface area contributed by atoms with E-state index in [2.05, 4.69) is 10.2 Å². The molecule has 7 nitrogen and oxygen atoms in total. The Morgan fingerprint density at radius 1 is 1.09 bits per heavy atom. The molecule has 0 unspecified atom stereocenters. The molecule has 2 N–H and O–H groups in total. The second-order valence-electron chi connectivity index (χ2n) is 8.01. The highest BCUT2D eigenvalue weighted by Gasteiger charge is 2.24. The Labute approximate surface area is 204 Å². The van der Waals surface area contributed by atoms with Crippen LogP contribution in [0.5, 0.6) is 0 Å². The number of nitrogen functional groups attached to an aromatic ring is 1. The Hall–Kier alpha value is -3.24. The molecule has 4 aromatic rings. The number of anilines is 1. The molecule has 0 atom stereocenters. The van der Waals surface area contributed by atoms with Crippen molar-refractivity contribution in [1.82, 2.24) is 19.9 Å². The second-order valence-corrected chi connectivity index (χ2v) is 10.0. The van der Waals surface area contributed by atoms with Crippen molar-refractivity contribution in [2.24, 2.45) is 0 Å². The average Bonchev–Trinajstić information content (AvgIpc) is 3.45. The van der Waals surface area contributed by atoms with Gasteiger partial charge in [0.25, 0.3) is 0 Å². The molecule has 10 heteroatoms. The van der Waals surface area contributed by atoms with Gasteiger partial charge in [-0.3, -0.25) is 9.69 Å². The van der Waals surface area contributed by atoms with Gasteiger partial charge in [-0.2, -0.15) is 0 Å². The van der Waals surface area contributed by atoms with E-state index in [1.807, 2.05) is 30.3 Å². The van der Waals surface area contributed by atoms with Crippen LogP contribution in [0.4, 0.5) is 9.52 Å². The molecule has 1 aliphatic rings. The Bertz CT molecular complexity index is 1270. The Kier molecular flexibility index (Phi) is 6.59. The fourth-order valence-electron chi connectivity index (χ4n) is 3.86. The van der Waals surface area contributed by atoms with Gasteiger partial charge in [0, 0.05) is 10.4 Å². The van der Waals surface area contributed by atoms with Crippen LogP contribution >= 0.6 is 23.1 Å². The predicted octanol–water partition coefficient (Wildman–Crippen LogP) is 4.46. The van der Waals surface area contributed by atoms with E-state index in [9.17, 15) is 9.18 Å². The summed E-state index contributed by atoms with van der Waals surface area (Å²) < 4.78 is 14.6. The van der Waals surface area contributed by atoms with Crippen LogP contribution in [0.1, 0.15) is 29.0 Å². The molecule has 34 heavy (non-hydrogen) atoms. The smallest absolute Gasteiger partial charge is 0.239 e. The van der Waals surface area contributed by atoms with E-state index in [-0.39, 0.29) is 17.5 Å². The third-order valence-electron chi connectivity index (χ3n) is 5.64. The number of hydrogen-bond donors (Lipinski definition) is 1. The number of halogens is 1. The molecular formula is C24H23FN6OS2. The highest BCUT2D eigenvalue weighted by molar-refractivity contribution is 7.99. The van der Waals surface area contributed by atoms with Crippen molar-refractivity contribution in [3.8, 4) is 11.4 Å². The number of nitrogens with two attached hydrogens (primary N) is 1. The summed E-state index contributed by atoms with van der Waals surface area (Å²) in [6.07, 6.45) is 4.30. The van der Waals surface area contributed by atoms with Crippen LogP contribution in [0.15, 0.2) is 59.8 Å². The number of nitrogens with zero attached hydrogens (tertiary/aromatic N) is 5. The maximum atomic E-state index is 13.4. The summed E-state index contributed by atoms with van der Waals surface area (Å²) in [6.45, 7) is 0.447. The first-order chi connectivity index (χ1) is 16.6. The number of rotatable bonds is 7. The van der Waals surface area contributed by atoms with Gasteiger partial charge in [0.1, 0.15) is 5.82 Å². The lowest BCUT2D eigenvalue weighted by Gasteiger charge is -2.20. The fraction of sp³-hybridized carbons (Fsp3) is 0.250. The minimum absolute atomic E-state index is 0.0775. The second kappa shape index (κ2) is 9.94. The molecule has 0 saturated carbocycles. The van der Waals surface area contributed by atoms with E-state index in [1.54, 1.807) is 28.4 Å². The minimum atomic E-state index is -0.339. The fourth-order valence-corrected chi connectivity index (χ4v) is 5.76. The standard InChI is InChI=1S/C24H23FN6OS2/c25-18-12-10-17(11-13-18)22-28-29-24(31(22)26)33-15-21(32)30(14-16-6-2-1-3-7-16)23-27-19-8-4-5-9-20(19)34-23/h1-3,6-7,10-13H,4-5,8-9,14-15,26H2. The van der Waals surface area contributed by atoms with Crippen LogP contribution in [-0.4, -0.2) is 31.5 Å². The van der Waals surface area contributed by atoms with Crippen LogP contribution in [0.25, 0.3) is 11.4 Å². The zero-order valence-corrected chi connectivity index (χ0v) is 20.0. The number of hydrogen-bond acceptors (Lipinski definition) is 7. The molecule has 2 aromatic carbocycles. The number of fused-ring (bicyclic) bond motifs is 1. The van der Waals surface area contributed by atoms with E-state index in [0.29, 0.717) is 23.1 Å². The van der Waals surface area contributed by atoms with Crippen LogP contribution in [-0.2, 0) is 24.2 Å². The third kappa shape index (κ3) is 4.83. The van der Waals surface area contributed by atoms with Gasteiger partial charge in [-0.05, 0) is 55.5 Å². The normalized spacial score (nSPS) is 13.0. The van der Waals surface area contributed by atoms with Crippen molar-refractivity contribution in [3.05, 3.63) is 76.5 Å². The molecular weight excluding hydrogens is 471 g/mol. The largest absolute Gasteiger partial charge is 0.335 e. The molecule has 0 saturated heterocycles. The lowest BCUT2D eigenvalue weighted by atomic mass is 10.0. The van der Waals surface area contributed by atoms with Crippen molar-refractivity contribution < 1.29 is 9.18 Å². The van der Waals surface area contributed by atoms with E-state index in [4.69, 9.17) is 10.8 Å². The number of carbonyl (C=O) groups is 1. The lowest BCUT2D eigenvalue weighted by Crippen LogP contribution is -2.32. The number of aryl methyl sites for hydroxylation is 2. The molecule has 5 rings (SSSR count). The van der Waals surface area contributed by atoms with E-state index in [0.717, 1.165) is 35.7 Å². The van der Waals surface area contributed by atoms with Crippen LogP contribution in [0.3, 0.4) is 0 Å². The van der Waals surface area contributed by atoms with Gasteiger partial charge in [0.05, 0.1) is 18.0 Å². The maximum Gasteiger partial charge on any atom is 0.239 e. The molecule has 0 radical (unpaired) electrons. The van der Waals surface area contributed by atoms with Crippen molar-refractivity contribution in [3.63, 3.8) is 0 Å². The van der Waals surface area contributed by atoms with Gasteiger partial charge in [-0.15, -0.1) is 21.5 Å². The maximum absolute atomic E-state index is 13.4. The average molecular weight is 495 g/mol. The molecule has 1 aliphatic carbocycles. The van der Waals surface area contributed by atoms with E-state index < -0.39 is 0 Å². The molecule has 1 amide bonds. The topological polar surface area (TPSA) is 89.9 Å². The first kappa shape index (κ1) is 22.5. The van der Waals surface area contributed by atoms with Crippen molar-refractivity contribution in [2.75, 3.05) is 16.5 Å². The Morgan fingerprint density at radius 3 is 2.62 bits per heavy atom. The predicted molar refractivity (Wildman–Crippen MR) is 133 cm³/mol. The summed E-state index contributed by atoms with van der Waals surface area (Å²) in [5.74, 6) is 6.30. The molecule has 0 bridgehead atoms. The summed E-state index contributed by atoms with van der Waals surface area (Å²) in [5.41, 5.74) is 2.80. The number of benzene rings is 2. The number of thiazole rings is 1. The number of aromatic nitrogens is 4. The van der Waals surface area contributed by atoms with Gasteiger partial charge in [0.15, 0.2) is 11.0 Å². The summed E-state index contributed by atoms with van der Waals surface area (Å²) in [6, 6.07) is 15.8. The highest BCUT2D eigenvalue weighted by atomic mass is 32.2. The Balaban J connectivity index is 1.35. The van der Waals surface area contributed by atoms with Gasteiger partial charge in [-0.1, -0.05) is 42.1 Å². The number of thioether (sulfide) groups is 1. The van der Waals surface area contributed by atoms with Crippen LogP contribution in [0.2, 0.25) is 0 Å². The summed E-state index contributed by atoms with van der Waals surface area (Å²) in [5, 5.41) is 9.39. The van der Waals surface area contributed by atoms with Crippen LogP contribution < -0.4 is 10.7 Å². The molecule has 0 fully saturated rings. The zero-order valence-electron chi connectivity index (χ0n) is 18.4. The summed E-state index contributed by atoms with van der Waals surface area (Å²) in [4.78, 5) is 21.2. The number of amides is 1. The number of carbonyl (C=O) groups excluding carboxylic acids is 1. The zero-order chi connectivity index (χ0) is 23.5. The van der Waals surface area contributed by atoms with Gasteiger partial charge >= 0.3 is 0 Å². The SMILES string of the molecule is Nn1c(SCC(=O)N(Cc2ccccc2)c2nc3c(s2)CCCC3)nnc1-c1ccc(F)cc1. The van der Waals surface area contributed by atoms with E-state index >= 15 is 0 Å². The first-order valence-corrected chi connectivity index (χ1v) is 12.8. The molecule has 2 heterocycles. The van der Waals surface area contributed by atoms with Crippen molar-refractivity contribution in [2.45, 2.75) is 37.4 Å². The molecule has 174 valence electrons. The molecule has 2 aromatic heterocycles. The van der Waals surface area contributed by atoms with Gasteiger partial charge in [0.2, 0.25) is 11.1 Å². The molecule has 0 spiro atoms. The highest BCUT2D eigenvalue weighted by Crippen LogP contribution is 2.33. The minimum Gasteiger partial charge on any atom is -0.335 e. The third-order valence-corrected chi connectivity index (χ3v) is 7.75. The summed E-state index contributed by atoms with van der Waals surface area (Å²) >= 11 is 2.83. The quantitative estimate of drug-likeness (QED) is 0.301. The van der Waals surface area contributed by atoms with Crippen LogP contribution in [0, 0.1) is 5.82 Å². The van der Waals surface area contributed by atoms with Crippen molar-refractivity contribution >= 4 is 34.1 Å². The lowest BCUT2D eigenvalue weighted by molar-refractivity contribution is -0.116. The van der Waals surface area contributed by atoms with Gasteiger partial charge in [-0.25, -0.2) is 14.1 Å². The Morgan fingerprint density at radius 2 is 1.85 bits per heavy atom. The van der Waals surface area contributed by atoms with E-state index in [1.165, 1.54) is 39.9 Å². The molecule has 0 aliphatic heterocycles. The first-order valence-electron chi connectivity index (χ1n) is 11.0. The summed E-state index contributed by atoms with van der Waals surface area (Å²) in [7, 11) is 0.